The predicted molar refractivity (Wildman–Crippen MR) is 89.7 cm³/mol. The highest BCUT2D eigenvalue weighted by Gasteiger charge is 2.07. The van der Waals surface area contributed by atoms with Gasteiger partial charge in [0.1, 0.15) is 5.76 Å². The molecular formula is C17H19N5O. The molecule has 2 heterocycles. The Kier molecular flexibility index (Phi) is 4.52. The van der Waals surface area contributed by atoms with Crippen LogP contribution in [0.3, 0.4) is 0 Å². The summed E-state index contributed by atoms with van der Waals surface area (Å²) in [5.74, 6) is 1.93. The fourth-order valence-electron chi connectivity index (χ4n) is 2.35. The van der Waals surface area contributed by atoms with Gasteiger partial charge in [-0.05, 0) is 36.6 Å². The third-order valence-corrected chi connectivity index (χ3v) is 3.55. The van der Waals surface area contributed by atoms with Gasteiger partial charge in [0.25, 0.3) is 0 Å². The van der Waals surface area contributed by atoms with Crippen molar-refractivity contribution >= 4 is 17.5 Å². The number of benzene rings is 1. The van der Waals surface area contributed by atoms with Crippen molar-refractivity contribution in [2.24, 2.45) is 0 Å². The highest BCUT2D eigenvalue weighted by Crippen LogP contribution is 2.24. The Morgan fingerprint density at radius 1 is 1.17 bits per heavy atom. The topological polar surface area (TPSA) is 75.9 Å². The lowest BCUT2D eigenvalue weighted by molar-refractivity contribution is 0.517. The van der Waals surface area contributed by atoms with E-state index in [-0.39, 0.29) is 0 Å². The molecule has 0 aliphatic heterocycles. The minimum absolute atomic E-state index is 0.457. The summed E-state index contributed by atoms with van der Waals surface area (Å²) in [6.45, 7) is 4.73. The number of furan rings is 1. The number of para-hydroxylation sites is 1. The van der Waals surface area contributed by atoms with E-state index in [9.17, 15) is 0 Å². The van der Waals surface area contributed by atoms with Crippen LogP contribution < -0.4 is 10.6 Å². The Labute approximate surface area is 135 Å². The smallest absolute Gasteiger partial charge is 0.245 e. The van der Waals surface area contributed by atoms with Crippen molar-refractivity contribution in [2.75, 3.05) is 10.6 Å². The van der Waals surface area contributed by atoms with Gasteiger partial charge in [0.2, 0.25) is 5.95 Å². The van der Waals surface area contributed by atoms with Gasteiger partial charge in [0.15, 0.2) is 5.82 Å². The van der Waals surface area contributed by atoms with Gasteiger partial charge in [0.05, 0.1) is 19.0 Å². The second kappa shape index (κ2) is 6.91. The summed E-state index contributed by atoms with van der Waals surface area (Å²) in [5.41, 5.74) is 3.49. The number of nitrogens with zero attached hydrogens (tertiary/aromatic N) is 3. The zero-order valence-corrected chi connectivity index (χ0v) is 13.2. The number of aromatic nitrogens is 3. The molecule has 0 amide bonds. The fraction of sp³-hybridized carbons (Fsp3) is 0.235. The maximum absolute atomic E-state index is 5.27. The van der Waals surface area contributed by atoms with Gasteiger partial charge in [-0.3, -0.25) is 0 Å². The van der Waals surface area contributed by atoms with Gasteiger partial charge in [-0.2, -0.15) is 10.1 Å². The Hall–Kier alpha value is -2.89. The van der Waals surface area contributed by atoms with E-state index < -0.39 is 0 Å². The monoisotopic (exact) mass is 309 g/mol. The molecule has 0 aliphatic rings. The lowest BCUT2D eigenvalue weighted by Crippen LogP contribution is -2.07. The van der Waals surface area contributed by atoms with Crippen molar-refractivity contribution in [1.82, 2.24) is 15.2 Å². The maximum atomic E-state index is 5.27. The van der Waals surface area contributed by atoms with E-state index in [2.05, 4.69) is 57.9 Å². The van der Waals surface area contributed by atoms with Crippen LogP contribution >= 0.6 is 0 Å². The first-order chi connectivity index (χ1) is 11.3. The van der Waals surface area contributed by atoms with Crippen LogP contribution in [0.1, 0.15) is 23.8 Å². The van der Waals surface area contributed by atoms with Crippen LogP contribution in [0.15, 0.2) is 47.2 Å². The van der Waals surface area contributed by atoms with Gasteiger partial charge in [0, 0.05) is 5.69 Å². The second-order valence-corrected chi connectivity index (χ2v) is 5.19. The van der Waals surface area contributed by atoms with Crippen LogP contribution in [0.5, 0.6) is 0 Å². The minimum atomic E-state index is 0.457. The molecule has 0 bridgehead atoms. The lowest BCUT2D eigenvalue weighted by Gasteiger charge is -2.13. The molecule has 6 heteroatoms. The average Bonchev–Trinajstić information content (AvgIpc) is 3.09. The molecule has 0 fully saturated rings. The van der Waals surface area contributed by atoms with Crippen LogP contribution in [0.4, 0.5) is 17.5 Å². The molecule has 0 spiro atoms. The first-order valence-electron chi connectivity index (χ1n) is 7.57. The second-order valence-electron chi connectivity index (χ2n) is 5.19. The number of hydrogen-bond donors (Lipinski definition) is 2. The summed E-state index contributed by atoms with van der Waals surface area (Å²) < 4.78 is 5.27. The molecule has 0 atom stereocenters. The average molecular weight is 309 g/mol. The van der Waals surface area contributed by atoms with Gasteiger partial charge in [-0.15, -0.1) is 5.10 Å². The van der Waals surface area contributed by atoms with E-state index >= 15 is 0 Å². The van der Waals surface area contributed by atoms with Crippen LogP contribution in [-0.2, 0) is 13.0 Å². The zero-order chi connectivity index (χ0) is 16.1. The van der Waals surface area contributed by atoms with E-state index in [1.807, 2.05) is 12.1 Å². The van der Waals surface area contributed by atoms with E-state index in [1.165, 1.54) is 11.1 Å². The van der Waals surface area contributed by atoms with E-state index in [0.29, 0.717) is 18.3 Å². The normalized spacial score (nSPS) is 10.5. The molecule has 118 valence electrons. The first-order valence-corrected chi connectivity index (χ1v) is 7.57. The largest absolute Gasteiger partial charge is 0.467 e. The van der Waals surface area contributed by atoms with Gasteiger partial charge in [-0.1, -0.05) is 25.1 Å². The van der Waals surface area contributed by atoms with E-state index in [1.54, 1.807) is 12.5 Å². The zero-order valence-electron chi connectivity index (χ0n) is 13.2. The molecule has 0 radical (unpaired) electrons. The summed E-state index contributed by atoms with van der Waals surface area (Å²) in [6, 6.07) is 9.99. The molecule has 0 unspecified atom stereocenters. The molecule has 0 saturated heterocycles. The van der Waals surface area contributed by atoms with Crippen molar-refractivity contribution in [3.63, 3.8) is 0 Å². The Morgan fingerprint density at radius 3 is 2.87 bits per heavy atom. The molecule has 3 rings (SSSR count). The van der Waals surface area contributed by atoms with Gasteiger partial charge >= 0.3 is 0 Å². The molecule has 2 N–H and O–H groups in total. The SMILES string of the molecule is CCc1cccc(C)c1Nc1cnnc(NCc2ccco2)n1. The Bertz CT molecular complexity index is 770. The van der Waals surface area contributed by atoms with Crippen molar-refractivity contribution in [3.05, 3.63) is 59.7 Å². The molecule has 23 heavy (non-hydrogen) atoms. The number of rotatable bonds is 6. The highest BCUT2D eigenvalue weighted by molar-refractivity contribution is 5.64. The number of hydrogen-bond acceptors (Lipinski definition) is 6. The quantitative estimate of drug-likeness (QED) is 0.723. The van der Waals surface area contributed by atoms with Crippen molar-refractivity contribution in [3.8, 4) is 0 Å². The van der Waals surface area contributed by atoms with Crippen LogP contribution in [0, 0.1) is 6.92 Å². The van der Waals surface area contributed by atoms with Gasteiger partial charge < -0.3 is 15.1 Å². The minimum Gasteiger partial charge on any atom is -0.467 e. The number of anilines is 3. The standard InChI is InChI=1S/C17H19N5O/c1-3-13-7-4-6-12(2)16(13)20-15-11-19-22-17(21-15)18-10-14-8-5-9-23-14/h4-9,11H,3,10H2,1-2H3,(H2,18,20,21,22). The molecule has 2 aromatic heterocycles. The summed E-state index contributed by atoms with van der Waals surface area (Å²) in [7, 11) is 0. The molecule has 0 aliphatic carbocycles. The lowest BCUT2D eigenvalue weighted by atomic mass is 10.1. The maximum Gasteiger partial charge on any atom is 0.245 e. The first kappa shape index (κ1) is 15.0. The van der Waals surface area contributed by atoms with Crippen LogP contribution in [0.2, 0.25) is 0 Å². The van der Waals surface area contributed by atoms with Crippen LogP contribution in [0.25, 0.3) is 0 Å². The van der Waals surface area contributed by atoms with Gasteiger partial charge in [-0.25, -0.2) is 0 Å². The molecule has 6 nitrogen and oxygen atoms in total. The van der Waals surface area contributed by atoms with Crippen molar-refractivity contribution in [1.29, 1.82) is 0 Å². The van der Waals surface area contributed by atoms with E-state index in [4.69, 9.17) is 4.42 Å². The summed E-state index contributed by atoms with van der Waals surface area (Å²) in [5, 5.41) is 14.4. The number of aryl methyl sites for hydroxylation is 2. The third kappa shape index (κ3) is 3.66. The Morgan fingerprint density at radius 2 is 2.09 bits per heavy atom. The third-order valence-electron chi connectivity index (χ3n) is 3.55. The molecule has 3 aromatic rings. The molecular weight excluding hydrogens is 290 g/mol. The molecule has 0 saturated carbocycles. The fourth-order valence-corrected chi connectivity index (χ4v) is 2.35. The predicted octanol–water partition coefficient (Wildman–Crippen LogP) is 3.69. The van der Waals surface area contributed by atoms with E-state index in [0.717, 1.165) is 17.9 Å². The van der Waals surface area contributed by atoms with Crippen molar-refractivity contribution < 1.29 is 4.42 Å². The summed E-state index contributed by atoms with van der Waals surface area (Å²) in [4.78, 5) is 4.45. The summed E-state index contributed by atoms with van der Waals surface area (Å²) >= 11 is 0. The highest BCUT2D eigenvalue weighted by atomic mass is 16.3. The molecule has 1 aromatic carbocycles. The Balaban J connectivity index is 1.75. The van der Waals surface area contributed by atoms with Crippen LogP contribution in [-0.4, -0.2) is 15.2 Å². The number of nitrogens with one attached hydrogen (secondary N) is 2. The summed E-state index contributed by atoms with van der Waals surface area (Å²) in [6.07, 6.45) is 4.20. The van der Waals surface area contributed by atoms with Crippen molar-refractivity contribution in [2.45, 2.75) is 26.8 Å².